The Balaban J connectivity index is 2.77. The molecule has 0 aliphatic carbocycles. The molecule has 18 heavy (non-hydrogen) atoms. The van der Waals surface area contributed by atoms with E-state index in [-0.39, 0.29) is 17.8 Å². The first kappa shape index (κ1) is 14.5. The Kier molecular flexibility index (Phi) is 5.63. The number of aryl methyl sites for hydroxylation is 1. The topological polar surface area (TPSA) is 26.3 Å². The molecule has 1 aromatic rings. The summed E-state index contributed by atoms with van der Waals surface area (Å²) in [6.07, 6.45) is 3.92. The maximum atomic E-state index is 11.8. The van der Waals surface area contributed by atoms with Crippen LogP contribution in [0.1, 0.15) is 31.9 Å². The Labute approximate surface area is 110 Å². The number of rotatable bonds is 5. The fourth-order valence-electron chi connectivity index (χ4n) is 1.70. The Morgan fingerprint density at radius 1 is 1.28 bits per heavy atom. The summed E-state index contributed by atoms with van der Waals surface area (Å²) in [6, 6.07) is 8.23. The molecule has 0 spiro atoms. The molecule has 0 aliphatic heterocycles. The number of ether oxygens (including phenoxy) is 1. The molecule has 0 heterocycles. The molecule has 0 N–H and O–H groups in total. The van der Waals surface area contributed by atoms with Gasteiger partial charge in [-0.3, -0.25) is 4.79 Å². The van der Waals surface area contributed by atoms with Crippen molar-refractivity contribution in [3.05, 3.63) is 41.5 Å². The number of hydrogen-bond donors (Lipinski definition) is 0. The van der Waals surface area contributed by atoms with Crippen molar-refractivity contribution in [3.63, 3.8) is 0 Å². The first-order valence-corrected chi connectivity index (χ1v) is 6.46. The van der Waals surface area contributed by atoms with Gasteiger partial charge in [-0.25, -0.2) is 0 Å². The summed E-state index contributed by atoms with van der Waals surface area (Å²) in [5.41, 5.74) is 2.34. The van der Waals surface area contributed by atoms with Crippen LogP contribution in [0.5, 0.6) is 0 Å². The van der Waals surface area contributed by atoms with Crippen LogP contribution >= 0.6 is 0 Å². The van der Waals surface area contributed by atoms with Gasteiger partial charge in [-0.2, -0.15) is 0 Å². The van der Waals surface area contributed by atoms with E-state index in [2.05, 4.69) is 19.1 Å². The molecule has 1 aromatic carbocycles. The van der Waals surface area contributed by atoms with Crippen LogP contribution in [-0.2, 0) is 9.53 Å². The van der Waals surface area contributed by atoms with E-state index in [0.717, 1.165) is 5.56 Å². The third-order valence-electron chi connectivity index (χ3n) is 2.85. The van der Waals surface area contributed by atoms with E-state index in [1.807, 2.05) is 45.1 Å². The van der Waals surface area contributed by atoms with Gasteiger partial charge in [0.2, 0.25) is 0 Å². The van der Waals surface area contributed by atoms with Crippen LogP contribution < -0.4 is 0 Å². The van der Waals surface area contributed by atoms with E-state index >= 15 is 0 Å². The molecule has 0 saturated carbocycles. The molecule has 0 saturated heterocycles. The average molecular weight is 246 g/mol. The zero-order valence-electron chi connectivity index (χ0n) is 11.6. The van der Waals surface area contributed by atoms with Gasteiger partial charge in [0.05, 0.1) is 12.5 Å². The Morgan fingerprint density at radius 2 is 1.89 bits per heavy atom. The van der Waals surface area contributed by atoms with Gasteiger partial charge in [0.25, 0.3) is 0 Å². The predicted molar refractivity (Wildman–Crippen MR) is 75.2 cm³/mol. The number of esters is 1. The summed E-state index contributed by atoms with van der Waals surface area (Å²) >= 11 is 0. The van der Waals surface area contributed by atoms with Gasteiger partial charge in [-0.15, -0.1) is 0 Å². The van der Waals surface area contributed by atoms with Crippen molar-refractivity contribution in [1.29, 1.82) is 0 Å². The molecule has 0 radical (unpaired) electrons. The Bertz CT molecular complexity index is 402. The molecular weight excluding hydrogens is 224 g/mol. The second-order valence-corrected chi connectivity index (χ2v) is 4.79. The van der Waals surface area contributed by atoms with E-state index < -0.39 is 0 Å². The summed E-state index contributed by atoms with van der Waals surface area (Å²) in [7, 11) is 0. The van der Waals surface area contributed by atoms with Gasteiger partial charge in [0.1, 0.15) is 0 Å². The van der Waals surface area contributed by atoms with E-state index in [0.29, 0.717) is 6.61 Å². The molecule has 0 aliphatic rings. The molecule has 1 unspecified atom stereocenters. The fourth-order valence-corrected chi connectivity index (χ4v) is 1.70. The second-order valence-electron chi connectivity index (χ2n) is 4.79. The van der Waals surface area contributed by atoms with Crippen LogP contribution in [0.3, 0.4) is 0 Å². The third kappa shape index (κ3) is 4.36. The molecule has 2 heteroatoms. The summed E-state index contributed by atoms with van der Waals surface area (Å²) in [5, 5.41) is 0. The van der Waals surface area contributed by atoms with Crippen LogP contribution in [-0.4, -0.2) is 12.6 Å². The quantitative estimate of drug-likeness (QED) is 0.738. The molecule has 98 valence electrons. The minimum absolute atomic E-state index is 0.143. The van der Waals surface area contributed by atoms with Crippen LogP contribution in [0.25, 0.3) is 6.08 Å². The second kappa shape index (κ2) is 7.00. The van der Waals surface area contributed by atoms with Gasteiger partial charge in [-0.1, -0.05) is 55.8 Å². The average Bonchev–Trinajstić information content (AvgIpc) is 2.31. The minimum atomic E-state index is -0.175. The summed E-state index contributed by atoms with van der Waals surface area (Å²) in [5.74, 6) is -0.0761. The fraction of sp³-hybridized carbons (Fsp3) is 0.438. The van der Waals surface area contributed by atoms with Crippen molar-refractivity contribution in [3.8, 4) is 0 Å². The Morgan fingerprint density at radius 3 is 2.39 bits per heavy atom. The van der Waals surface area contributed by atoms with Gasteiger partial charge >= 0.3 is 5.97 Å². The molecule has 0 aromatic heterocycles. The van der Waals surface area contributed by atoms with Crippen molar-refractivity contribution in [2.24, 2.45) is 11.8 Å². The summed E-state index contributed by atoms with van der Waals surface area (Å²) in [6.45, 7) is 8.38. The molecule has 1 rings (SSSR count). The maximum Gasteiger partial charge on any atom is 0.313 e. The lowest BCUT2D eigenvalue weighted by atomic mass is 9.94. The van der Waals surface area contributed by atoms with Gasteiger partial charge in [0, 0.05) is 0 Å². The molecular formula is C16H22O2. The highest BCUT2D eigenvalue weighted by atomic mass is 16.5. The maximum absolute atomic E-state index is 11.8. The molecule has 0 fully saturated rings. The van der Waals surface area contributed by atoms with Crippen LogP contribution in [0.4, 0.5) is 0 Å². The normalized spacial score (nSPS) is 12.9. The monoisotopic (exact) mass is 246 g/mol. The van der Waals surface area contributed by atoms with Crippen molar-refractivity contribution < 1.29 is 9.53 Å². The number of carbonyl (C=O) groups excluding carboxylic acids is 1. The highest BCUT2D eigenvalue weighted by Gasteiger charge is 2.20. The summed E-state index contributed by atoms with van der Waals surface area (Å²) < 4.78 is 5.08. The van der Waals surface area contributed by atoms with Crippen LogP contribution in [0.2, 0.25) is 0 Å². The summed E-state index contributed by atoms with van der Waals surface area (Å²) in [4.78, 5) is 11.8. The number of hydrogen-bond acceptors (Lipinski definition) is 2. The van der Waals surface area contributed by atoms with E-state index in [4.69, 9.17) is 4.74 Å². The minimum Gasteiger partial charge on any atom is -0.466 e. The number of carbonyl (C=O) groups is 1. The third-order valence-corrected chi connectivity index (χ3v) is 2.85. The lowest BCUT2D eigenvalue weighted by molar-refractivity contribution is -0.147. The zero-order chi connectivity index (χ0) is 13.5. The molecule has 0 amide bonds. The van der Waals surface area contributed by atoms with E-state index in [9.17, 15) is 4.79 Å². The first-order chi connectivity index (χ1) is 8.54. The number of benzene rings is 1. The first-order valence-electron chi connectivity index (χ1n) is 6.46. The predicted octanol–water partition coefficient (Wildman–Crippen LogP) is 3.84. The van der Waals surface area contributed by atoms with Gasteiger partial charge < -0.3 is 4.74 Å². The molecule has 0 bridgehead atoms. The molecule has 1 atom stereocenters. The largest absolute Gasteiger partial charge is 0.466 e. The lowest BCUT2D eigenvalue weighted by Crippen LogP contribution is -2.20. The van der Waals surface area contributed by atoms with Crippen molar-refractivity contribution in [2.75, 3.05) is 6.61 Å². The van der Waals surface area contributed by atoms with Crippen LogP contribution in [0.15, 0.2) is 30.3 Å². The molecule has 2 nitrogen and oxygen atoms in total. The zero-order valence-corrected chi connectivity index (χ0v) is 11.6. The standard InChI is InChI=1S/C16H22O2/c1-5-18-16(17)15(12(2)3)11-10-14-8-6-13(4)7-9-14/h6-12,15H,5H2,1-4H3. The highest BCUT2D eigenvalue weighted by Crippen LogP contribution is 2.16. The lowest BCUT2D eigenvalue weighted by Gasteiger charge is -2.15. The van der Waals surface area contributed by atoms with E-state index in [1.54, 1.807) is 0 Å². The van der Waals surface area contributed by atoms with Crippen LogP contribution in [0, 0.1) is 18.8 Å². The van der Waals surface area contributed by atoms with Gasteiger partial charge in [0.15, 0.2) is 0 Å². The van der Waals surface area contributed by atoms with E-state index in [1.165, 1.54) is 5.56 Å². The smallest absolute Gasteiger partial charge is 0.313 e. The van der Waals surface area contributed by atoms with Crippen molar-refractivity contribution >= 4 is 12.0 Å². The van der Waals surface area contributed by atoms with Crippen molar-refractivity contribution in [2.45, 2.75) is 27.7 Å². The highest BCUT2D eigenvalue weighted by molar-refractivity contribution is 5.76. The van der Waals surface area contributed by atoms with Gasteiger partial charge in [-0.05, 0) is 25.3 Å². The Hall–Kier alpha value is -1.57. The van der Waals surface area contributed by atoms with Crippen molar-refractivity contribution in [1.82, 2.24) is 0 Å². The SMILES string of the molecule is CCOC(=O)C(C=Cc1ccc(C)cc1)C(C)C.